The fourth-order valence-corrected chi connectivity index (χ4v) is 6.12. The zero-order valence-electron chi connectivity index (χ0n) is 26.1. The molecule has 44 heavy (non-hydrogen) atoms. The Kier molecular flexibility index (Phi) is 9.53. The van der Waals surface area contributed by atoms with E-state index in [-0.39, 0.29) is 23.7 Å². The van der Waals surface area contributed by atoms with E-state index in [1.165, 1.54) is 11.6 Å². The minimum atomic E-state index is -0.960. The van der Waals surface area contributed by atoms with Gasteiger partial charge in [-0.25, -0.2) is 9.18 Å². The number of hydrogen-bond donors (Lipinski definition) is 1. The lowest BCUT2D eigenvalue weighted by Crippen LogP contribution is -2.54. The highest BCUT2D eigenvalue weighted by Crippen LogP contribution is 2.39. The van der Waals surface area contributed by atoms with Crippen molar-refractivity contribution >= 4 is 12.0 Å². The number of likely N-dealkylation sites (tertiary alicyclic amines) is 2. The van der Waals surface area contributed by atoms with E-state index in [0.29, 0.717) is 68.9 Å². The van der Waals surface area contributed by atoms with Gasteiger partial charge >= 0.3 is 6.09 Å². The molecule has 0 radical (unpaired) electrons. The fourth-order valence-electron chi connectivity index (χ4n) is 6.12. The molecule has 2 aromatic carbocycles. The van der Waals surface area contributed by atoms with E-state index >= 15 is 4.39 Å². The zero-order chi connectivity index (χ0) is 31.3. The van der Waals surface area contributed by atoms with Gasteiger partial charge in [-0.05, 0) is 89.4 Å². The molecule has 2 fully saturated rings. The van der Waals surface area contributed by atoms with E-state index in [1.807, 2.05) is 58.0 Å². The summed E-state index contributed by atoms with van der Waals surface area (Å²) in [5, 5.41) is 3.21. The number of carbonyl (C=O) groups is 2. The highest BCUT2D eigenvalue weighted by molar-refractivity contribution is 5.89. The van der Waals surface area contributed by atoms with Gasteiger partial charge in [0.05, 0.1) is 12.0 Å². The molecular weight excluding hydrogens is 559 g/mol. The summed E-state index contributed by atoms with van der Waals surface area (Å²) in [5.74, 6) is -0.0892. The number of para-hydroxylation sites is 1. The van der Waals surface area contributed by atoms with Gasteiger partial charge in [-0.3, -0.25) is 14.7 Å². The van der Waals surface area contributed by atoms with E-state index in [9.17, 15) is 9.59 Å². The summed E-state index contributed by atoms with van der Waals surface area (Å²) in [5.41, 5.74) is 0.983. The second-order valence-corrected chi connectivity index (χ2v) is 12.7. The van der Waals surface area contributed by atoms with Crippen molar-refractivity contribution in [1.82, 2.24) is 20.1 Å². The minimum absolute atomic E-state index is 0.156. The Bertz CT molecular complexity index is 1450. The topological polar surface area (TPSA) is 84.0 Å². The molecule has 2 aliphatic heterocycles. The van der Waals surface area contributed by atoms with Crippen molar-refractivity contribution in [2.75, 3.05) is 32.8 Å². The lowest BCUT2D eigenvalue weighted by Gasteiger charge is -2.41. The Morgan fingerprint density at radius 1 is 1.05 bits per heavy atom. The number of ether oxygens (including phenoxy) is 2. The van der Waals surface area contributed by atoms with Gasteiger partial charge in [-0.15, -0.1) is 0 Å². The van der Waals surface area contributed by atoms with Crippen LogP contribution in [0.1, 0.15) is 58.1 Å². The SMILES string of the molecule is CCOc1ccccc1-c1ncc(C2(C(=O)N[C@@H]3CCN(C(=O)OC(C)(C)C)C3)CCN(Cc3ccccc3)CC2)cc1F. The Labute approximate surface area is 259 Å². The Balaban J connectivity index is 1.38. The van der Waals surface area contributed by atoms with Crippen LogP contribution in [0, 0.1) is 5.82 Å². The first-order chi connectivity index (χ1) is 21.1. The average Bonchev–Trinajstić information content (AvgIpc) is 3.47. The number of halogens is 1. The monoisotopic (exact) mass is 602 g/mol. The summed E-state index contributed by atoms with van der Waals surface area (Å²) in [6, 6.07) is 18.8. The highest BCUT2D eigenvalue weighted by Gasteiger charge is 2.45. The van der Waals surface area contributed by atoms with Crippen molar-refractivity contribution in [3.05, 3.63) is 83.8 Å². The lowest BCUT2D eigenvalue weighted by molar-refractivity contribution is -0.129. The number of nitrogens with zero attached hydrogens (tertiary/aromatic N) is 3. The molecule has 234 valence electrons. The molecular formula is C35H43FN4O4. The normalized spacial score (nSPS) is 18.6. The Morgan fingerprint density at radius 3 is 2.43 bits per heavy atom. The first-order valence-corrected chi connectivity index (χ1v) is 15.5. The maximum atomic E-state index is 15.9. The molecule has 0 unspecified atom stereocenters. The average molecular weight is 603 g/mol. The van der Waals surface area contributed by atoms with Crippen LogP contribution in [0.2, 0.25) is 0 Å². The van der Waals surface area contributed by atoms with Crippen molar-refractivity contribution in [2.24, 2.45) is 0 Å². The number of benzene rings is 2. The van der Waals surface area contributed by atoms with Gasteiger partial charge in [0.15, 0.2) is 0 Å². The third-order valence-corrected chi connectivity index (χ3v) is 8.40. The van der Waals surface area contributed by atoms with Crippen molar-refractivity contribution in [1.29, 1.82) is 0 Å². The minimum Gasteiger partial charge on any atom is -0.493 e. The number of aromatic nitrogens is 1. The van der Waals surface area contributed by atoms with E-state index in [2.05, 4.69) is 27.3 Å². The summed E-state index contributed by atoms with van der Waals surface area (Å²) >= 11 is 0. The number of pyridine rings is 1. The van der Waals surface area contributed by atoms with Crippen LogP contribution >= 0.6 is 0 Å². The van der Waals surface area contributed by atoms with Gasteiger partial charge in [0.25, 0.3) is 0 Å². The maximum Gasteiger partial charge on any atom is 0.410 e. The van der Waals surface area contributed by atoms with Crippen molar-refractivity contribution in [3.63, 3.8) is 0 Å². The van der Waals surface area contributed by atoms with E-state index < -0.39 is 16.8 Å². The van der Waals surface area contributed by atoms with Crippen LogP contribution in [-0.4, -0.2) is 71.2 Å². The molecule has 2 saturated heterocycles. The number of carbonyl (C=O) groups excluding carboxylic acids is 2. The summed E-state index contributed by atoms with van der Waals surface area (Å²) in [7, 11) is 0. The Morgan fingerprint density at radius 2 is 1.75 bits per heavy atom. The van der Waals surface area contributed by atoms with E-state index in [4.69, 9.17) is 9.47 Å². The molecule has 3 aromatic rings. The third kappa shape index (κ3) is 7.21. The van der Waals surface area contributed by atoms with Crippen molar-refractivity contribution in [2.45, 2.75) is 70.6 Å². The molecule has 5 rings (SSSR count). The van der Waals surface area contributed by atoms with Crippen molar-refractivity contribution < 1.29 is 23.5 Å². The predicted molar refractivity (Wildman–Crippen MR) is 168 cm³/mol. The first-order valence-electron chi connectivity index (χ1n) is 15.5. The maximum absolute atomic E-state index is 15.9. The van der Waals surface area contributed by atoms with Gasteiger partial charge < -0.3 is 19.7 Å². The van der Waals surface area contributed by atoms with E-state index in [0.717, 1.165) is 6.54 Å². The quantitative estimate of drug-likeness (QED) is 0.343. The number of rotatable bonds is 8. The molecule has 2 amide bonds. The molecule has 1 atom stereocenters. The fraction of sp³-hybridized carbons (Fsp3) is 0.457. The first kappa shape index (κ1) is 31.4. The molecule has 0 bridgehead atoms. The largest absolute Gasteiger partial charge is 0.493 e. The van der Waals surface area contributed by atoms with Gasteiger partial charge in [-0.1, -0.05) is 42.5 Å². The summed E-state index contributed by atoms with van der Waals surface area (Å²) in [4.78, 5) is 35.4. The Hall–Kier alpha value is -3.98. The van der Waals surface area contributed by atoms with Gasteiger partial charge in [-0.2, -0.15) is 0 Å². The molecule has 1 N–H and O–H groups in total. The van der Waals surface area contributed by atoms with Crippen LogP contribution in [0.5, 0.6) is 5.75 Å². The summed E-state index contributed by atoms with van der Waals surface area (Å²) < 4.78 is 27.1. The molecule has 0 aliphatic carbocycles. The summed E-state index contributed by atoms with van der Waals surface area (Å²) in [6.07, 6.45) is 2.93. The molecule has 1 aromatic heterocycles. The number of nitrogens with one attached hydrogen (secondary N) is 1. The number of piperidine rings is 1. The van der Waals surface area contributed by atoms with Crippen LogP contribution in [0.25, 0.3) is 11.3 Å². The van der Waals surface area contributed by atoms with Crippen LogP contribution in [0.4, 0.5) is 9.18 Å². The number of amides is 2. The van der Waals surface area contributed by atoms with E-state index in [1.54, 1.807) is 23.2 Å². The molecule has 3 heterocycles. The van der Waals surface area contributed by atoms with Gasteiger partial charge in [0.2, 0.25) is 5.91 Å². The van der Waals surface area contributed by atoms with Gasteiger partial charge in [0.1, 0.15) is 22.9 Å². The van der Waals surface area contributed by atoms with Crippen molar-refractivity contribution in [3.8, 4) is 17.0 Å². The number of hydrogen-bond acceptors (Lipinski definition) is 6. The standard InChI is InChI=1S/C35H43FN4O4/c1-5-43-30-14-10-9-13-28(30)31-29(36)21-26(22-37-31)35(16-19-39(20-17-35)23-25-11-7-6-8-12-25)32(41)38-27-15-18-40(24-27)33(42)44-34(2,3)4/h6-14,21-22,27H,5,15-20,23-24H2,1-4H3,(H,38,41)/t27-/m1/s1. The van der Waals surface area contributed by atoms with Gasteiger partial charge in [0, 0.05) is 37.4 Å². The van der Waals surface area contributed by atoms with Crippen LogP contribution in [-0.2, 0) is 21.5 Å². The molecule has 0 saturated carbocycles. The second kappa shape index (κ2) is 13.3. The predicted octanol–water partition coefficient (Wildman–Crippen LogP) is 5.95. The highest BCUT2D eigenvalue weighted by atomic mass is 19.1. The molecule has 0 spiro atoms. The van der Waals surface area contributed by atoms with Crippen LogP contribution in [0.15, 0.2) is 66.9 Å². The third-order valence-electron chi connectivity index (χ3n) is 8.40. The molecule has 2 aliphatic rings. The van der Waals surface area contributed by atoms with Crippen LogP contribution < -0.4 is 10.1 Å². The van der Waals surface area contributed by atoms with Crippen LogP contribution in [0.3, 0.4) is 0 Å². The lowest BCUT2D eigenvalue weighted by atomic mass is 9.72. The zero-order valence-corrected chi connectivity index (χ0v) is 26.1. The second-order valence-electron chi connectivity index (χ2n) is 12.7. The molecule has 8 nitrogen and oxygen atoms in total. The summed E-state index contributed by atoms with van der Waals surface area (Å²) in [6.45, 7) is 10.8. The molecule has 9 heteroatoms. The smallest absolute Gasteiger partial charge is 0.410 e.